The number of carbonyl (C=O) groups is 2. The highest BCUT2D eigenvalue weighted by atomic mass is 16.7. The van der Waals surface area contributed by atoms with Gasteiger partial charge in [-0.1, -0.05) is 235 Å². The molecule has 1 saturated heterocycles. The molecule has 78 heavy (non-hydrogen) atoms. The number of esters is 1. The van der Waals surface area contributed by atoms with Gasteiger partial charge >= 0.3 is 5.97 Å². The lowest BCUT2D eigenvalue weighted by atomic mass is 9.99. The number of hydrogen-bond donors (Lipinski definition) is 6. The Morgan fingerprint density at radius 2 is 0.872 bits per heavy atom. The van der Waals surface area contributed by atoms with E-state index in [1.807, 2.05) is 6.08 Å². The average molecular weight is 1100 g/mol. The molecule has 0 spiro atoms. The van der Waals surface area contributed by atoms with Gasteiger partial charge in [-0.15, -0.1) is 0 Å². The number of rotatable bonds is 56. The Bertz CT molecular complexity index is 1480. The second-order valence-corrected chi connectivity index (χ2v) is 22.4. The smallest absolute Gasteiger partial charge is 0.305 e. The molecule has 0 bridgehead atoms. The second-order valence-electron chi connectivity index (χ2n) is 22.4. The molecule has 1 aliphatic rings. The van der Waals surface area contributed by atoms with Crippen molar-refractivity contribution in [3.05, 3.63) is 60.8 Å². The standard InChI is InChI=1S/C67H121NO10/c1-3-5-7-9-11-13-14-15-28-32-35-39-43-47-51-55-63(72)76-56-52-48-44-40-36-33-30-27-25-23-21-19-17-16-18-20-22-24-26-29-31-34-38-42-46-50-54-62(71)68-59(60(70)53-49-45-41-37-12-10-8-6-4-2)58-77-67-66(75)65(74)64(73)61(57-69)78-67/h11-13,15-16,18,28,37,49,53,59-61,64-67,69-70,73-75H,3-10,14,17,19-27,29-36,38-48,50-52,54-58H2,1-2H3,(H,68,71)/b13-11-,18-16-,28-15-,37-12+,53-49+. The molecular weight excluding hydrogens is 979 g/mol. The predicted octanol–water partition coefficient (Wildman–Crippen LogP) is 15.8. The summed E-state index contributed by atoms with van der Waals surface area (Å²) in [6.07, 6.45) is 63.5. The van der Waals surface area contributed by atoms with E-state index in [2.05, 4.69) is 67.8 Å². The third kappa shape index (κ3) is 45.0. The van der Waals surface area contributed by atoms with Crippen LogP contribution in [0.2, 0.25) is 0 Å². The van der Waals surface area contributed by atoms with Crippen LogP contribution in [0, 0.1) is 0 Å². The number of aliphatic hydroxyl groups excluding tert-OH is 5. The Hall–Kier alpha value is -2.64. The van der Waals surface area contributed by atoms with Crippen LogP contribution in [0.5, 0.6) is 0 Å². The van der Waals surface area contributed by atoms with Gasteiger partial charge in [-0.25, -0.2) is 0 Å². The van der Waals surface area contributed by atoms with Crippen LogP contribution in [0.15, 0.2) is 60.8 Å². The van der Waals surface area contributed by atoms with Crippen LogP contribution < -0.4 is 5.32 Å². The molecule has 0 aromatic carbocycles. The van der Waals surface area contributed by atoms with E-state index in [9.17, 15) is 35.1 Å². The van der Waals surface area contributed by atoms with E-state index < -0.39 is 49.5 Å². The van der Waals surface area contributed by atoms with Crippen molar-refractivity contribution in [2.75, 3.05) is 19.8 Å². The van der Waals surface area contributed by atoms with Crippen molar-refractivity contribution in [2.24, 2.45) is 0 Å². The minimum absolute atomic E-state index is 0.0107. The number of unbranched alkanes of at least 4 members (excludes halogenated alkanes) is 34. The van der Waals surface area contributed by atoms with Crippen LogP contribution in [-0.2, 0) is 23.8 Å². The molecule has 454 valence electrons. The summed E-state index contributed by atoms with van der Waals surface area (Å²) in [6.45, 7) is 4.25. The van der Waals surface area contributed by atoms with Gasteiger partial charge < -0.3 is 45.1 Å². The largest absolute Gasteiger partial charge is 0.466 e. The number of allylic oxidation sites excluding steroid dienone is 9. The van der Waals surface area contributed by atoms with Crippen LogP contribution in [0.25, 0.3) is 0 Å². The zero-order valence-electron chi connectivity index (χ0n) is 50.1. The normalized spacial score (nSPS) is 18.9. The fourth-order valence-electron chi connectivity index (χ4n) is 9.89. The van der Waals surface area contributed by atoms with E-state index in [-0.39, 0.29) is 18.5 Å². The molecule has 7 unspecified atom stereocenters. The lowest BCUT2D eigenvalue weighted by molar-refractivity contribution is -0.302. The third-order valence-electron chi connectivity index (χ3n) is 15.1. The summed E-state index contributed by atoms with van der Waals surface area (Å²) in [5.41, 5.74) is 0. The predicted molar refractivity (Wildman–Crippen MR) is 324 cm³/mol. The summed E-state index contributed by atoms with van der Waals surface area (Å²) in [7, 11) is 0. The lowest BCUT2D eigenvalue weighted by Crippen LogP contribution is -2.60. The highest BCUT2D eigenvalue weighted by Crippen LogP contribution is 2.23. The average Bonchev–Trinajstić information content (AvgIpc) is 3.44. The van der Waals surface area contributed by atoms with Crippen molar-refractivity contribution in [3.8, 4) is 0 Å². The first kappa shape index (κ1) is 73.4. The van der Waals surface area contributed by atoms with E-state index in [0.717, 1.165) is 64.2 Å². The second kappa shape index (κ2) is 56.2. The van der Waals surface area contributed by atoms with Gasteiger partial charge in [-0.3, -0.25) is 9.59 Å². The molecule has 11 nitrogen and oxygen atoms in total. The number of nitrogens with one attached hydrogen (secondary N) is 1. The molecule has 0 radical (unpaired) electrons. The van der Waals surface area contributed by atoms with Crippen molar-refractivity contribution in [1.82, 2.24) is 5.32 Å². The van der Waals surface area contributed by atoms with Gasteiger partial charge in [-0.05, 0) is 103 Å². The number of hydrogen-bond acceptors (Lipinski definition) is 10. The first-order chi connectivity index (χ1) is 38.2. The molecule has 7 atom stereocenters. The Labute approximate surface area is 478 Å². The quantitative estimate of drug-likeness (QED) is 0.0195. The minimum atomic E-state index is -1.58. The highest BCUT2D eigenvalue weighted by Gasteiger charge is 2.44. The van der Waals surface area contributed by atoms with Gasteiger partial charge in [0.15, 0.2) is 6.29 Å². The number of ether oxygens (including phenoxy) is 3. The summed E-state index contributed by atoms with van der Waals surface area (Å²) in [5.74, 6) is -0.208. The summed E-state index contributed by atoms with van der Waals surface area (Å²) >= 11 is 0. The van der Waals surface area contributed by atoms with E-state index in [1.165, 1.54) is 199 Å². The molecule has 1 fully saturated rings. The summed E-state index contributed by atoms with van der Waals surface area (Å²) in [4.78, 5) is 25.1. The van der Waals surface area contributed by atoms with Crippen molar-refractivity contribution >= 4 is 11.9 Å². The molecule has 1 heterocycles. The highest BCUT2D eigenvalue weighted by molar-refractivity contribution is 5.76. The number of amides is 1. The maximum atomic E-state index is 13.0. The van der Waals surface area contributed by atoms with Crippen LogP contribution in [0.1, 0.15) is 290 Å². The van der Waals surface area contributed by atoms with Gasteiger partial charge in [0.05, 0.1) is 32.0 Å². The maximum absolute atomic E-state index is 13.0. The Morgan fingerprint density at radius 3 is 1.35 bits per heavy atom. The van der Waals surface area contributed by atoms with Crippen molar-refractivity contribution in [3.63, 3.8) is 0 Å². The minimum Gasteiger partial charge on any atom is -0.466 e. The SMILES string of the molecule is CCCCC/C=C\C/C=C\CCCCCCCC(=O)OCCCCCCCCCCCCCC/C=C\CCCCCCCCCCCCC(=O)NC(COC1OC(CO)C(O)C(O)C1O)C(O)/C=C/CC/C=C/CCCCC. The van der Waals surface area contributed by atoms with Crippen molar-refractivity contribution in [1.29, 1.82) is 0 Å². The number of carbonyl (C=O) groups excluding carboxylic acids is 2. The first-order valence-corrected chi connectivity index (χ1v) is 32.6. The topological polar surface area (TPSA) is 175 Å². The molecule has 6 N–H and O–H groups in total. The molecule has 11 heteroatoms. The summed E-state index contributed by atoms with van der Waals surface area (Å²) < 4.78 is 16.7. The Balaban J connectivity index is 1.96. The molecule has 0 saturated carbocycles. The van der Waals surface area contributed by atoms with Crippen LogP contribution in [0.3, 0.4) is 0 Å². The molecule has 1 amide bonds. The summed E-state index contributed by atoms with van der Waals surface area (Å²) in [6, 6.07) is -0.828. The first-order valence-electron chi connectivity index (χ1n) is 32.6. The van der Waals surface area contributed by atoms with Crippen LogP contribution in [0.4, 0.5) is 0 Å². The summed E-state index contributed by atoms with van der Waals surface area (Å²) in [5, 5.41) is 54.2. The fourth-order valence-corrected chi connectivity index (χ4v) is 9.89. The molecular formula is C67H121NO10. The third-order valence-corrected chi connectivity index (χ3v) is 15.1. The Kier molecular flexibility index (Phi) is 52.9. The molecule has 1 rings (SSSR count). The molecule has 0 aliphatic carbocycles. The van der Waals surface area contributed by atoms with E-state index in [1.54, 1.807) is 6.08 Å². The van der Waals surface area contributed by atoms with Gasteiger partial charge in [0.25, 0.3) is 0 Å². The fraction of sp³-hybridized carbons (Fsp3) is 0.821. The van der Waals surface area contributed by atoms with Gasteiger partial charge in [0.1, 0.15) is 24.4 Å². The zero-order chi connectivity index (χ0) is 56.6. The van der Waals surface area contributed by atoms with E-state index in [4.69, 9.17) is 14.2 Å². The van der Waals surface area contributed by atoms with Gasteiger partial charge in [0, 0.05) is 12.8 Å². The molecule has 0 aromatic heterocycles. The Morgan fingerprint density at radius 1 is 0.474 bits per heavy atom. The van der Waals surface area contributed by atoms with Gasteiger partial charge in [0.2, 0.25) is 5.91 Å². The monoisotopic (exact) mass is 1100 g/mol. The number of aliphatic hydroxyl groups is 5. The van der Waals surface area contributed by atoms with Crippen LogP contribution >= 0.6 is 0 Å². The lowest BCUT2D eigenvalue weighted by Gasteiger charge is -2.40. The molecule has 1 aliphatic heterocycles. The van der Waals surface area contributed by atoms with Gasteiger partial charge in [-0.2, -0.15) is 0 Å². The molecule has 0 aromatic rings. The van der Waals surface area contributed by atoms with Crippen LogP contribution in [-0.4, -0.2) is 100 Å². The zero-order valence-corrected chi connectivity index (χ0v) is 50.1. The van der Waals surface area contributed by atoms with Crippen molar-refractivity contribution < 1.29 is 49.3 Å². The van der Waals surface area contributed by atoms with Crippen molar-refractivity contribution in [2.45, 2.75) is 333 Å². The van der Waals surface area contributed by atoms with E-state index in [0.29, 0.717) is 19.4 Å². The maximum Gasteiger partial charge on any atom is 0.305 e. The van der Waals surface area contributed by atoms with E-state index >= 15 is 0 Å².